The van der Waals surface area contributed by atoms with Crippen molar-refractivity contribution < 1.29 is 72.1 Å². The van der Waals surface area contributed by atoms with Crippen LogP contribution in [0.4, 0.5) is 0 Å². The number of nitrogens with two attached hydrogens (primary N) is 1. The molecule has 2 aliphatic heterocycles. The Morgan fingerprint density at radius 1 is 1.34 bits per heavy atom. The van der Waals surface area contributed by atoms with E-state index in [9.17, 15) is 44.0 Å². The van der Waals surface area contributed by atoms with E-state index in [0.29, 0.717) is 0 Å². The van der Waals surface area contributed by atoms with Crippen LogP contribution in [0, 0.1) is 0 Å². The van der Waals surface area contributed by atoms with E-state index in [1.165, 1.54) is 23.3 Å². The third-order valence-corrected chi connectivity index (χ3v) is 6.95. The lowest BCUT2D eigenvalue weighted by molar-refractivity contribution is -0.447. The number of aliphatic hydroxyl groups is 3. The summed E-state index contributed by atoms with van der Waals surface area (Å²) >= 11 is 0. The van der Waals surface area contributed by atoms with Crippen molar-refractivity contribution in [3.8, 4) is 0 Å². The summed E-state index contributed by atoms with van der Waals surface area (Å²) in [6, 6.07) is 0. The second kappa shape index (κ2) is 12.1. The van der Waals surface area contributed by atoms with E-state index < -0.39 is 77.6 Å². The number of rotatable bonds is 13. The molecule has 8 atom stereocenters. The van der Waals surface area contributed by atoms with Gasteiger partial charge in [-0.3, -0.25) is 9.32 Å². The minimum Gasteiger partial charge on any atom is -0.847 e. The molecule has 0 spiro atoms. The highest BCUT2D eigenvalue weighted by molar-refractivity contribution is 7.60. The second-order valence-electron chi connectivity index (χ2n) is 7.39. The van der Waals surface area contributed by atoms with Crippen LogP contribution in [0.3, 0.4) is 0 Å². The number of carbonyl (C=O) groups is 2. The Morgan fingerprint density at radius 3 is 2.57 bits per heavy atom. The van der Waals surface area contributed by atoms with E-state index in [-0.39, 0.29) is 18.4 Å². The first-order valence-corrected chi connectivity index (χ1v) is 12.8. The van der Waals surface area contributed by atoms with Crippen molar-refractivity contribution >= 4 is 27.8 Å². The Morgan fingerprint density at radius 2 is 2.00 bits per heavy atom. The van der Waals surface area contributed by atoms with Crippen molar-refractivity contribution in [1.82, 2.24) is 4.90 Å². The van der Waals surface area contributed by atoms with Gasteiger partial charge in [-0.2, -0.15) is 4.31 Å². The van der Waals surface area contributed by atoms with Gasteiger partial charge < -0.3 is 60.0 Å². The number of ether oxygens (including phenoxy) is 2. The van der Waals surface area contributed by atoms with E-state index >= 15 is 0 Å². The number of phosphoric acid groups is 2. The molecule has 0 aliphatic carbocycles. The van der Waals surface area contributed by atoms with Gasteiger partial charge in [0.25, 0.3) is 0 Å². The van der Waals surface area contributed by atoms with E-state index in [0.717, 1.165) is 0 Å². The van der Waals surface area contributed by atoms with Gasteiger partial charge >= 0.3 is 15.6 Å². The van der Waals surface area contributed by atoms with E-state index in [4.69, 9.17) is 25.0 Å². The van der Waals surface area contributed by atoms with Gasteiger partial charge in [-0.1, -0.05) is 18.3 Å². The van der Waals surface area contributed by atoms with E-state index in [2.05, 4.69) is 8.83 Å². The normalized spacial score (nSPS) is 29.2. The van der Waals surface area contributed by atoms with Crippen molar-refractivity contribution in [2.75, 3.05) is 19.8 Å². The molecule has 0 radical (unpaired) electrons. The van der Waals surface area contributed by atoms with Gasteiger partial charge in [-0.05, 0) is 0 Å². The number of aliphatic hydroxyl groups excluding tert-OH is 3. The lowest BCUT2D eigenvalue weighted by atomic mass is 10.1. The molecule has 19 heteroatoms. The summed E-state index contributed by atoms with van der Waals surface area (Å²) in [4.78, 5) is 50.1. The molecule has 0 bridgehead atoms. The second-order valence-corrected chi connectivity index (χ2v) is 10.2. The molecule has 200 valence electrons. The van der Waals surface area contributed by atoms with Crippen LogP contribution < -0.4 is 10.8 Å². The van der Waals surface area contributed by atoms with Crippen LogP contribution in [0.25, 0.3) is 0 Å². The number of nitrogens with zero attached hydrogens (tertiary/aromatic N) is 1. The molecule has 0 aromatic carbocycles. The van der Waals surface area contributed by atoms with Crippen LogP contribution in [0.15, 0.2) is 23.9 Å². The molecule has 2 rings (SSSR count). The highest BCUT2D eigenvalue weighted by Gasteiger charge is 2.41. The third-order valence-electron chi connectivity index (χ3n) is 4.80. The van der Waals surface area contributed by atoms with E-state index in [1.54, 1.807) is 0 Å². The predicted molar refractivity (Wildman–Crippen MR) is 108 cm³/mol. The molecule has 1 amide bonds. The Bertz CT molecular complexity index is 923. The third kappa shape index (κ3) is 8.51. The zero-order valence-electron chi connectivity index (χ0n) is 17.7. The molecule has 35 heavy (non-hydrogen) atoms. The molecule has 0 aromatic rings. The van der Waals surface area contributed by atoms with Gasteiger partial charge in [-0.25, -0.2) is 9.13 Å². The monoisotopic (exact) mass is 547 g/mol. The summed E-state index contributed by atoms with van der Waals surface area (Å²) in [6.07, 6.45) is -7.84. The largest absolute Gasteiger partial charge is 0.847 e. The van der Waals surface area contributed by atoms with Gasteiger partial charge in [0.15, 0.2) is 6.29 Å². The van der Waals surface area contributed by atoms with Crippen LogP contribution in [0.5, 0.6) is 0 Å². The van der Waals surface area contributed by atoms with Crippen LogP contribution in [-0.2, 0) is 37.0 Å². The van der Waals surface area contributed by atoms with Crippen LogP contribution in [0.2, 0.25) is 0 Å². The average molecular weight is 547 g/mol. The molecule has 0 aromatic heterocycles. The van der Waals surface area contributed by atoms with Gasteiger partial charge in [0, 0.05) is 12.7 Å². The number of phosphoric ester groups is 1. The number of primary amides is 1. The van der Waals surface area contributed by atoms with Crippen molar-refractivity contribution in [2.45, 2.75) is 42.9 Å². The molecule has 2 aliphatic rings. The average Bonchev–Trinajstić information content (AvgIpc) is 3.05. The highest BCUT2D eigenvalue weighted by atomic mass is 31.3. The summed E-state index contributed by atoms with van der Waals surface area (Å²) in [7, 11) is -10.8. The fourth-order valence-corrected chi connectivity index (χ4v) is 4.71. The number of aldehydes is 1. The standard InChI is InChI=1S/C16H25N2O15P2/c17-15(24)8-2-1-3-18(4-8)16-14(23)13(22)11(32-16)6-30-10(12(21)9(20)5-19)7-31-35(28,29)33-34(25,26)27/h1-2,4-5,9-14,16,20-22H,3,6-7H2,(H2,17,24)(H,28,29)(H2,25,26,27)/q-1/t9-,10+,11+,12+,13-,14+,16+/m0/s1. The highest BCUT2D eigenvalue weighted by Crippen LogP contribution is 2.57. The summed E-state index contributed by atoms with van der Waals surface area (Å²) in [5.41, 5.74) is 5.29. The zero-order chi connectivity index (χ0) is 26.6. The van der Waals surface area contributed by atoms with Crippen molar-refractivity contribution in [3.63, 3.8) is 0 Å². The smallest absolute Gasteiger partial charge is 0.481 e. The van der Waals surface area contributed by atoms with Crippen LogP contribution in [0.1, 0.15) is 0 Å². The van der Waals surface area contributed by atoms with Crippen molar-refractivity contribution in [2.24, 2.45) is 5.73 Å². The lowest BCUT2D eigenvalue weighted by Gasteiger charge is -2.35. The van der Waals surface area contributed by atoms with E-state index in [1.807, 2.05) is 0 Å². The van der Waals surface area contributed by atoms with Gasteiger partial charge in [0.2, 0.25) is 5.91 Å². The lowest BCUT2D eigenvalue weighted by Crippen LogP contribution is -2.50. The molecular formula is C16H25N2O15P2-. The first-order chi connectivity index (χ1) is 16.1. The molecule has 2 heterocycles. The predicted octanol–water partition coefficient (Wildman–Crippen LogP) is -4.43. The first kappa shape index (κ1) is 29.7. The molecule has 17 nitrogen and oxygen atoms in total. The topological polar surface area (TPSA) is 279 Å². The first-order valence-electron chi connectivity index (χ1n) is 9.75. The number of amides is 1. The fourth-order valence-electron chi connectivity index (χ4n) is 3.11. The molecule has 0 saturated carbocycles. The zero-order valence-corrected chi connectivity index (χ0v) is 19.5. The molecule has 8 N–H and O–H groups in total. The van der Waals surface area contributed by atoms with Gasteiger partial charge in [0.1, 0.15) is 30.6 Å². The van der Waals surface area contributed by atoms with Crippen LogP contribution >= 0.6 is 15.6 Å². The molecule has 1 fully saturated rings. The molecule has 1 saturated heterocycles. The van der Waals surface area contributed by atoms with Gasteiger partial charge in [-0.15, -0.1) is 0 Å². The molecular weight excluding hydrogens is 522 g/mol. The Labute approximate surface area is 197 Å². The minimum absolute atomic E-state index is 0.0791. The quantitative estimate of drug-likeness (QED) is 0.0846. The van der Waals surface area contributed by atoms with Crippen molar-refractivity contribution in [3.05, 3.63) is 23.9 Å². The van der Waals surface area contributed by atoms with Crippen LogP contribution in [-0.4, -0.2) is 110 Å². The molecule has 1 unspecified atom stereocenters. The maximum absolute atomic E-state index is 12.5. The number of carbonyl (C=O) groups excluding carboxylic acids is 2. The summed E-state index contributed by atoms with van der Waals surface area (Å²) < 4.78 is 41.1. The summed E-state index contributed by atoms with van der Waals surface area (Å²) in [5.74, 6) is -0.763. The SMILES string of the molecule is NC(=O)C1=CN([C@@H]2O[C@H](CO[C@H](COP(=O)(O)OP(=O)(O)O)[C@H](O)[C@@H](O)C=O)[C@H](O)[C@H]2[O-])CC=C1. The summed E-state index contributed by atoms with van der Waals surface area (Å²) in [5, 5.41) is 42.4. The Hall–Kier alpha value is -1.56. The summed E-state index contributed by atoms with van der Waals surface area (Å²) in [6.45, 7) is -1.65. The Balaban J connectivity index is 2.07. The number of hydrogen-bond donors (Lipinski definition) is 7. The van der Waals surface area contributed by atoms with Crippen molar-refractivity contribution in [1.29, 1.82) is 0 Å². The maximum atomic E-state index is 12.5. The Kier molecular flexibility index (Phi) is 10.3. The minimum atomic E-state index is -5.45. The fraction of sp³-hybridized carbons (Fsp3) is 0.625. The number of hydrogen-bond acceptors (Lipinski definition) is 13. The maximum Gasteiger partial charge on any atom is 0.481 e. The van der Waals surface area contributed by atoms with Gasteiger partial charge in [0.05, 0.1) is 24.9 Å².